The fourth-order valence-corrected chi connectivity index (χ4v) is 2.81. The molecule has 0 unspecified atom stereocenters. The lowest BCUT2D eigenvalue weighted by Gasteiger charge is -2.12. The largest absolute Gasteiger partial charge is 0.472 e. The van der Waals surface area contributed by atoms with Crippen molar-refractivity contribution in [2.45, 2.75) is 24.8 Å². The third-order valence-corrected chi connectivity index (χ3v) is 4.96. The highest BCUT2D eigenvalue weighted by atomic mass is 32.2. The minimum absolute atomic E-state index is 0.00347. The molecule has 0 aliphatic rings. The Kier molecular flexibility index (Phi) is 4.47. The smallest absolute Gasteiger partial charge is 0.251 e. The molecule has 1 aromatic heterocycles. The molecule has 1 N–H and O–H groups in total. The first-order chi connectivity index (χ1) is 9.94. The molecule has 1 amide bonds. The lowest BCUT2D eigenvalue weighted by Crippen LogP contribution is -2.26. The maximum absolute atomic E-state index is 12.2. The van der Waals surface area contributed by atoms with Crippen molar-refractivity contribution in [3.8, 4) is 0 Å². The van der Waals surface area contributed by atoms with Gasteiger partial charge in [0.05, 0.1) is 29.2 Å². The summed E-state index contributed by atoms with van der Waals surface area (Å²) in [5.41, 5.74) is 1.17. The number of carbonyl (C=O) groups is 1. The molecule has 5 nitrogen and oxygen atoms in total. The third kappa shape index (κ3) is 3.52. The lowest BCUT2D eigenvalue weighted by molar-refractivity contribution is 0.0939. The van der Waals surface area contributed by atoms with E-state index >= 15 is 0 Å². The summed E-state index contributed by atoms with van der Waals surface area (Å²) in [6.45, 7) is 3.40. The predicted molar refractivity (Wildman–Crippen MR) is 78.8 cm³/mol. The Balaban J connectivity index is 2.19. The average Bonchev–Trinajstić information content (AvgIpc) is 3.01. The molecule has 0 aliphatic carbocycles. The molecule has 0 fully saturated rings. The molecule has 6 heteroatoms. The van der Waals surface area contributed by atoms with Crippen molar-refractivity contribution in [3.63, 3.8) is 0 Å². The number of carbonyl (C=O) groups excluding carboxylic acids is 1. The standard InChI is InChI=1S/C15H17NO4S/c1-3-21(18,19)14-6-4-5-12(9-14)15(17)16-11(2)13-7-8-20-10-13/h4-11H,3H2,1-2H3,(H,16,17)/t11-/m1/s1. The summed E-state index contributed by atoms with van der Waals surface area (Å²) in [7, 11) is -3.32. The molecular weight excluding hydrogens is 290 g/mol. The Morgan fingerprint density at radius 2 is 2.10 bits per heavy atom. The zero-order valence-electron chi connectivity index (χ0n) is 11.9. The summed E-state index contributed by atoms with van der Waals surface area (Å²) in [5, 5.41) is 2.80. The van der Waals surface area contributed by atoms with Gasteiger partial charge in [0.2, 0.25) is 0 Å². The molecule has 112 valence electrons. The highest BCUT2D eigenvalue weighted by Crippen LogP contribution is 2.16. The third-order valence-electron chi connectivity index (χ3n) is 3.23. The van der Waals surface area contributed by atoms with E-state index in [-0.39, 0.29) is 22.6 Å². The van der Waals surface area contributed by atoms with Gasteiger partial charge in [0.1, 0.15) is 0 Å². The van der Waals surface area contributed by atoms with Crippen molar-refractivity contribution in [1.82, 2.24) is 5.32 Å². The Labute approximate surface area is 123 Å². The second-order valence-electron chi connectivity index (χ2n) is 4.68. The number of nitrogens with one attached hydrogen (secondary N) is 1. The molecule has 0 bridgehead atoms. The summed E-state index contributed by atoms with van der Waals surface area (Å²) in [6, 6.07) is 7.60. The van der Waals surface area contributed by atoms with Crippen LogP contribution in [0.4, 0.5) is 0 Å². The van der Waals surface area contributed by atoms with Gasteiger partial charge >= 0.3 is 0 Å². The van der Waals surface area contributed by atoms with Gasteiger partial charge < -0.3 is 9.73 Å². The SMILES string of the molecule is CCS(=O)(=O)c1cccc(C(=O)N[C@H](C)c2ccoc2)c1. The van der Waals surface area contributed by atoms with Crippen LogP contribution in [0.3, 0.4) is 0 Å². The molecule has 0 saturated heterocycles. The van der Waals surface area contributed by atoms with E-state index in [1.54, 1.807) is 31.4 Å². The monoisotopic (exact) mass is 307 g/mol. The van der Waals surface area contributed by atoms with Crippen molar-refractivity contribution < 1.29 is 17.6 Å². The lowest BCUT2D eigenvalue weighted by atomic mass is 10.1. The Bertz CT molecular complexity index is 720. The molecule has 2 rings (SSSR count). The van der Waals surface area contributed by atoms with Gasteiger partial charge in [-0.3, -0.25) is 4.79 Å². The molecule has 0 aliphatic heterocycles. The molecule has 1 atom stereocenters. The van der Waals surface area contributed by atoms with E-state index in [0.717, 1.165) is 5.56 Å². The number of hydrogen-bond donors (Lipinski definition) is 1. The van der Waals surface area contributed by atoms with E-state index in [4.69, 9.17) is 4.42 Å². The van der Waals surface area contributed by atoms with Gasteiger partial charge in [-0.1, -0.05) is 13.0 Å². The molecule has 1 heterocycles. The van der Waals surface area contributed by atoms with Crippen molar-refractivity contribution in [2.75, 3.05) is 5.75 Å². The van der Waals surface area contributed by atoms with Crippen LogP contribution in [0.2, 0.25) is 0 Å². The van der Waals surface area contributed by atoms with Gasteiger partial charge in [-0.2, -0.15) is 0 Å². The van der Waals surface area contributed by atoms with Gasteiger partial charge in [-0.15, -0.1) is 0 Å². The molecule has 0 saturated carbocycles. The van der Waals surface area contributed by atoms with E-state index in [1.165, 1.54) is 18.4 Å². The number of sulfone groups is 1. The van der Waals surface area contributed by atoms with Crippen LogP contribution in [0, 0.1) is 0 Å². The summed E-state index contributed by atoms with van der Waals surface area (Å²) in [5.74, 6) is -0.319. The normalized spacial score (nSPS) is 12.9. The van der Waals surface area contributed by atoms with Crippen LogP contribution in [0.15, 0.2) is 52.2 Å². The van der Waals surface area contributed by atoms with Crippen LogP contribution in [0.25, 0.3) is 0 Å². The van der Waals surface area contributed by atoms with Crippen LogP contribution in [-0.4, -0.2) is 20.1 Å². The molecule has 1 aromatic carbocycles. The Morgan fingerprint density at radius 3 is 2.71 bits per heavy atom. The van der Waals surface area contributed by atoms with Gasteiger partial charge in [-0.25, -0.2) is 8.42 Å². The minimum Gasteiger partial charge on any atom is -0.472 e. The molecule has 0 radical (unpaired) electrons. The maximum Gasteiger partial charge on any atom is 0.251 e. The van der Waals surface area contributed by atoms with Crippen LogP contribution >= 0.6 is 0 Å². The van der Waals surface area contributed by atoms with Crippen LogP contribution in [0.5, 0.6) is 0 Å². The number of furan rings is 1. The van der Waals surface area contributed by atoms with E-state index in [1.807, 2.05) is 6.92 Å². The van der Waals surface area contributed by atoms with Gasteiger partial charge in [0.25, 0.3) is 5.91 Å². The van der Waals surface area contributed by atoms with Gasteiger partial charge in [0, 0.05) is 11.1 Å². The van der Waals surface area contributed by atoms with Crippen molar-refractivity contribution in [1.29, 1.82) is 0 Å². The highest BCUT2D eigenvalue weighted by Gasteiger charge is 2.16. The Hall–Kier alpha value is -2.08. The fraction of sp³-hybridized carbons (Fsp3) is 0.267. The summed E-state index contributed by atoms with van der Waals surface area (Å²) >= 11 is 0. The van der Waals surface area contributed by atoms with E-state index in [9.17, 15) is 13.2 Å². The van der Waals surface area contributed by atoms with Gasteiger partial charge in [0.15, 0.2) is 9.84 Å². The first-order valence-corrected chi connectivity index (χ1v) is 8.25. The van der Waals surface area contributed by atoms with E-state index in [0.29, 0.717) is 5.56 Å². The second-order valence-corrected chi connectivity index (χ2v) is 6.96. The maximum atomic E-state index is 12.2. The van der Waals surface area contributed by atoms with Gasteiger partial charge in [-0.05, 0) is 31.2 Å². The van der Waals surface area contributed by atoms with Crippen LogP contribution < -0.4 is 5.32 Å². The predicted octanol–water partition coefficient (Wildman–Crippen LogP) is 2.56. The summed E-state index contributed by atoms with van der Waals surface area (Å²) in [6.07, 6.45) is 3.09. The zero-order chi connectivity index (χ0) is 15.5. The van der Waals surface area contributed by atoms with Crippen molar-refractivity contribution >= 4 is 15.7 Å². The number of hydrogen-bond acceptors (Lipinski definition) is 4. The fourth-order valence-electron chi connectivity index (χ4n) is 1.88. The second kappa shape index (κ2) is 6.13. The zero-order valence-corrected chi connectivity index (χ0v) is 12.7. The van der Waals surface area contributed by atoms with E-state index in [2.05, 4.69) is 5.32 Å². The number of rotatable bonds is 5. The topological polar surface area (TPSA) is 76.4 Å². The van der Waals surface area contributed by atoms with Crippen LogP contribution in [-0.2, 0) is 9.84 Å². The average molecular weight is 307 g/mol. The number of benzene rings is 1. The first-order valence-electron chi connectivity index (χ1n) is 6.60. The molecule has 2 aromatic rings. The summed E-state index contributed by atoms with van der Waals surface area (Å²) < 4.78 is 28.7. The summed E-state index contributed by atoms with van der Waals surface area (Å²) in [4.78, 5) is 12.3. The molecule has 0 spiro atoms. The Morgan fingerprint density at radius 1 is 1.33 bits per heavy atom. The first kappa shape index (κ1) is 15.3. The molecule has 21 heavy (non-hydrogen) atoms. The van der Waals surface area contributed by atoms with Crippen molar-refractivity contribution in [2.24, 2.45) is 0 Å². The van der Waals surface area contributed by atoms with Crippen LogP contribution in [0.1, 0.15) is 35.8 Å². The van der Waals surface area contributed by atoms with Crippen molar-refractivity contribution in [3.05, 3.63) is 54.0 Å². The molecular formula is C15H17NO4S. The minimum atomic E-state index is -3.32. The van der Waals surface area contributed by atoms with E-state index < -0.39 is 9.84 Å². The number of amides is 1. The quantitative estimate of drug-likeness (QED) is 0.921. The highest BCUT2D eigenvalue weighted by molar-refractivity contribution is 7.91.